The predicted octanol–water partition coefficient (Wildman–Crippen LogP) is 4.97. The number of aromatic carboxylic acids is 1. The second kappa shape index (κ2) is 8.83. The van der Waals surface area contributed by atoms with Crippen molar-refractivity contribution in [2.75, 3.05) is 0 Å². The summed E-state index contributed by atoms with van der Waals surface area (Å²) in [4.78, 5) is 10.2. The Morgan fingerprint density at radius 3 is 2.09 bits per heavy atom. The van der Waals surface area contributed by atoms with Crippen molar-refractivity contribution in [3.8, 4) is 0 Å². The van der Waals surface area contributed by atoms with Gasteiger partial charge in [-0.15, -0.1) is 0 Å². The van der Waals surface area contributed by atoms with Crippen LogP contribution in [0.3, 0.4) is 0 Å². The fourth-order valence-electron chi connectivity index (χ4n) is 2.57. The van der Waals surface area contributed by atoms with Gasteiger partial charge in [0.25, 0.3) is 0 Å². The van der Waals surface area contributed by atoms with Gasteiger partial charge in [-0.05, 0) is 49.3 Å². The van der Waals surface area contributed by atoms with Gasteiger partial charge in [-0.25, -0.2) is 4.79 Å². The molecule has 0 aromatic heterocycles. The molecule has 0 aliphatic heterocycles. The van der Waals surface area contributed by atoms with Gasteiger partial charge in [-0.3, -0.25) is 0 Å². The first-order valence-electron chi connectivity index (χ1n) is 7.73. The maximum absolute atomic E-state index is 10.2. The van der Waals surface area contributed by atoms with E-state index in [1.807, 2.05) is 0 Å². The highest BCUT2D eigenvalue weighted by Gasteiger charge is 2.09. The molecule has 0 saturated carbocycles. The minimum atomic E-state index is -0.879. The van der Waals surface area contributed by atoms with E-state index >= 15 is 0 Å². The maximum Gasteiger partial charge on any atom is 0.335 e. The first-order valence-corrected chi connectivity index (χ1v) is 7.73. The molecule has 114 valence electrons. The second-order valence-corrected chi connectivity index (χ2v) is 5.51. The van der Waals surface area contributed by atoms with E-state index in [-0.39, 0.29) is 0 Å². The Labute approximate surface area is 132 Å². The summed E-state index contributed by atoms with van der Waals surface area (Å²) in [6.07, 6.45) is 9.81. The Morgan fingerprint density at radius 2 is 1.59 bits per heavy atom. The molecule has 1 aliphatic carbocycles. The van der Waals surface area contributed by atoms with Crippen LogP contribution < -0.4 is 0 Å². The minimum absolute atomic E-state index is 0.331. The Balaban J connectivity index is 0.000000172. The van der Waals surface area contributed by atoms with E-state index < -0.39 is 5.97 Å². The van der Waals surface area contributed by atoms with E-state index in [9.17, 15) is 4.79 Å². The Hall–Kier alpha value is -2.35. The van der Waals surface area contributed by atoms with Gasteiger partial charge in [0.05, 0.1) is 5.56 Å². The maximum atomic E-state index is 10.2. The summed E-state index contributed by atoms with van der Waals surface area (Å²) in [6, 6.07) is 19.1. The van der Waals surface area contributed by atoms with Crippen LogP contribution in [0.15, 0.2) is 72.8 Å². The summed E-state index contributed by atoms with van der Waals surface area (Å²) >= 11 is 0. The third-order valence-electron chi connectivity index (χ3n) is 3.77. The van der Waals surface area contributed by atoms with Crippen LogP contribution in [0.2, 0.25) is 0 Å². The first kappa shape index (κ1) is 16.0. The fraction of sp³-hybridized carbons (Fsp3) is 0.250. The number of allylic oxidation sites excluding steroid dienone is 2. The molecule has 1 atom stereocenters. The summed E-state index contributed by atoms with van der Waals surface area (Å²) in [5, 5.41) is 8.38. The number of benzene rings is 2. The molecule has 2 aromatic rings. The largest absolute Gasteiger partial charge is 0.478 e. The van der Waals surface area contributed by atoms with E-state index in [1.54, 1.807) is 30.3 Å². The average molecular weight is 294 g/mol. The van der Waals surface area contributed by atoms with Crippen LogP contribution in [0.1, 0.15) is 35.2 Å². The van der Waals surface area contributed by atoms with Crippen LogP contribution in [0.4, 0.5) is 0 Å². The van der Waals surface area contributed by atoms with Gasteiger partial charge in [0, 0.05) is 0 Å². The van der Waals surface area contributed by atoms with Crippen LogP contribution in [0.25, 0.3) is 0 Å². The fourth-order valence-corrected chi connectivity index (χ4v) is 2.57. The van der Waals surface area contributed by atoms with Crippen molar-refractivity contribution >= 4 is 5.97 Å². The molecule has 0 bridgehead atoms. The number of rotatable bonds is 3. The standard InChI is InChI=1S/C13H16.C7H6O2/c1-3-7-12(8-4-1)11-13-9-5-2-6-10-13;8-7(9)6-4-2-1-3-5-6/h1-5,7-8,13H,6,9-11H2;1-5H,(H,8,9). The number of carboxylic acid groups (broad SMARTS) is 1. The lowest BCUT2D eigenvalue weighted by Crippen LogP contribution is -2.05. The summed E-state index contributed by atoms with van der Waals surface area (Å²) in [5.74, 6) is 0.00278. The summed E-state index contributed by atoms with van der Waals surface area (Å²) in [7, 11) is 0. The molecule has 0 spiro atoms. The van der Waals surface area contributed by atoms with Crippen molar-refractivity contribution < 1.29 is 9.90 Å². The smallest absolute Gasteiger partial charge is 0.335 e. The zero-order valence-corrected chi connectivity index (χ0v) is 12.7. The average Bonchev–Trinajstić information content (AvgIpc) is 2.58. The second-order valence-electron chi connectivity index (χ2n) is 5.51. The SMILES string of the molecule is C1=CCC(Cc2ccccc2)CC1.O=C(O)c1ccccc1. The van der Waals surface area contributed by atoms with E-state index in [4.69, 9.17) is 5.11 Å². The Morgan fingerprint density at radius 1 is 0.955 bits per heavy atom. The highest BCUT2D eigenvalue weighted by molar-refractivity contribution is 5.87. The van der Waals surface area contributed by atoms with E-state index in [0.29, 0.717) is 5.56 Å². The van der Waals surface area contributed by atoms with Gasteiger partial charge in [-0.2, -0.15) is 0 Å². The van der Waals surface area contributed by atoms with Crippen LogP contribution in [0.5, 0.6) is 0 Å². The molecule has 3 rings (SSSR count). The van der Waals surface area contributed by atoms with Crippen LogP contribution >= 0.6 is 0 Å². The predicted molar refractivity (Wildman–Crippen MR) is 90.0 cm³/mol. The lowest BCUT2D eigenvalue weighted by molar-refractivity contribution is 0.0697. The van der Waals surface area contributed by atoms with Crippen LogP contribution in [-0.4, -0.2) is 11.1 Å². The monoisotopic (exact) mass is 294 g/mol. The molecular formula is C20H22O2. The highest BCUT2D eigenvalue weighted by Crippen LogP contribution is 2.22. The number of carboxylic acids is 1. The van der Waals surface area contributed by atoms with Gasteiger partial charge in [0.1, 0.15) is 0 Å². The molecule has 1 aliphatic rings. The molecule has 2 heteroatoms. The van der Waals surface area contributed by atoms with Gasteiger partial charge in [0.15, 0.2) is 0 Å². The third kappa shape index (κ3) is 5.57. The van der Waals surface area contributed by atoms with Gasteiger partial charge >= 0.3 is 5.97 Å². The van der Waals surface area contributed by atoms with Gasteiger partial charge in [0.2, 0.25) is 0 Å². The normalized spacial score (nSPS) is 16.5. The van der Waals surface area contributed by atoms with Crippen molar-refractivity contribution in [3.05, 3.63) is 83.9 Å². The minimum Gasteiger partial charge on any atom is -0.478 e. The van der Waals surface area contributed by atoms with Gasteiger partial charge < -0.3 is 5.11 Å². The molecule has 2 nitrogen and oxygen atoms in total. The molecule has 1 unspecified atom stereocenters. The van der Waals surface area contributed by atoms with Crippen molar-refractivity contribution in [1.82, 2.24) is 0 Å². The van der Waals surface area contributed by atoms with Gasteiger partial charge in [-0.1, -0.05) is 60.7 Å². The number of carbonyl (C=O) groups is 1. The molecule has 0 saturated heterocycles. The lowest BCUT2D eigenvalue weighted by atomic mass is 9.89. The third-order valence-corrected chi connectivity index (χ3v) is 3.77. The summed E-state index contributed by atoms with van der Waals surface area (Å²) in [5.41, 5.74) is 1.82. The first-order chi connectivity index (χ1) is 10.8. The zero-order chi connectivity index (χ0) is 15.6. The van der Waals surface area contributed by atoms with E-state index in [2.05, 4.69) is 42.5 Å². The zero-order valence-electron chi connectivity index (χ0n) is 12.7. The van der Waals surface area contributed by atoms with Crippen molar-refractivity contribution in [3.63, 3.8) is 0 Å². The molecule has 0 fully saturated rings. The van der Waals surface area contributed by atoms with Crippen LogP contribution in [-0.2, 0) is 6.42 Å². The molecule has 0 amide bonds. The van der Waals surface area contributed by atoms with Crippen molar-refractivity contribution in [2.24, 2.45) is 5.92 Å². The molecule has 0 radical (unpaired) electrons. The molecule has 22 heavy (non-hydrogen) atoms. The van der Waals surface area contributed by atoms with Crippen molar-refractivity contribution in [1.29, 1.82) is 0 Å². The summed E-state index contributed by atoms with van der Waals surface area (Å²) < 4.78 is 0. The number of hydrogen-bond donors (Lipinski definition) is 1. The molecule has 1 N–H and O–H groups in total. The van der Waals surface area contributed by atoms with E-state index in [0.717, 1.165) is 5.92 Å². The van der Waals surface area contributed by atoms with Crippen LogP contribution in [0, 0.1) is 5.92 Å². The van der Waals surface area contributed by atoms with E-state index in [1.165, 1.54) is 31.2 Å². The van der Waals surface area contributed by atoms with Crippen molar-refractivity contribution in [2.45, 2.75) is 25.7 Å². The summed E-state index contributed by atoms with van der Waals surface area (Å²) in [6.45, 7) is 0. The molecule has 2 aromatic carbocycles. The lowest BCUT2D eigenvalue weighted by Gasteiger charge is -2.17. The Bertz CT molecular complexity index is 588. The highest BCUT2D eigenvalue weighted by atomic mass is 16.4. The topological polar surface area (TPSA) is 37.3 Å². The molecule has 0 heterocycles. The Kier molecular flexibility index (Phi) is 6.43. The quantitative estimate of drug-likeness (QED) is 0.811. The molecular weight excluding hydrogens is 272 g/mol. The number of hydrogen-bond acceptors (Lipinski definition) is 1.